The molecule has 2 rings (SSSR count). The highest BCUT2D eigenvalue weighted by atomic mass is 79.9. The molecule has 2 heterocycles. The van der Waals surface area contributed by atoms with E-state index >= 15 is 0 Å². The highest BCUT2D eigenvalue weighted by Crippen LogP contribution is 2.40. The van der Waals surface area contributed by atoms with E-state index < -0.39 is 0 Å². The zero-order chi connectivity index (χ0) is 18.5. The third-order valence-corrected chi connectivity index (χ3v) is 12.0. The Balaban J connectivity index is 2.07. The van der Waals surface area contributed by atoms with Crippen LogP contribution in [-0.4, -0.2) is 69.6 Å². The summed E-state index contributed by atoms with van der Waals surface area (Å²) in [5, 5.41) is 5.51. The molecule has 0 aromatic heterocycles. The van der Waals surface area contributed by atoms with Crippen LogP contribution < -0.4 is 0 Å². The second kappa shape index (κ2) is 11.2. The summed E-state index contributed by atoms with van der Waals surface area (Å²) in [7, 11) is 0. The Morgan fingerprint density at radius 3 is 1.16 bits per heavy atom. The number of halogens is 6. The van der Waals surface area contributed by atoms with E-state index in [1.54, 1.807) is 0 Å². The fourth-order valence-corrected chi connectivity index (χ4v) is 9.64. The number of alkyl halides is 6. The smallest absolute Gasteiger partial charge is 0.107 e. The van der Waals surface area contributed by atoms with Gasteiger partial charge in [0.1, 0.15) is 12.2 Å². The summed E-state index contributed by atoms with van der Waals surface area (Å²) >= 11 is 22.1. The van der Waals surface area contributed by atoms with Crippen molar-refractivity contribution in [3.05, 3.63) is 0 Å². The zero-order valence-corrected chi connectivity index (χ0v) is 23.4. The molecule has 0 aromatic carbocycles. The molecule has 0 spiro atoms. The van der Waals surface area contributed by atoms with Gasteiger partial charge in [-0.25, -0.2) is 0 Å². The van der Waals surface area contributed by atoms with Gasteiger partial charge in [0.05, 0.1) is 25.4 Å². The van der Waals surface area contributed by atoms with E-state index in [1.165, 1.54) is 0 Å². The molecule has 0 radical (unpaired) electrons. The first kappa shape index (κ1) is 24.0. The van der Waals surface area contributed by atoms with Gasteiger partial charge in [0, 0.05) is 42.8 Å². The van der Waals surface area contributed by atoms with Crippen molar-refractivity contribution in [2.45, 2.75) is 37.3 Å². The van der Waals surface area contributed by atoms with Crippen LogP contribution in [0.25, 0.3) is 0 Å². The minimum absolute atomic E-state index is 0.0977. The summed E-state index contributed by atoms with van der Waals surface area (Å²) < 4.78 is 17.9. The summed E-state index contributed by atoms with van der Waals surface area (Å²) in [6, 6.07) is 0. The normalized spacial score (nSPS) is 25.7. The predicted octanol–water partition coefficient (Wildman–Crippen LogP) is 5.66. The van der Waals surface area contributed by atoms with Gasteiger partial charge in [-0.1, -0.05) is 95.6 Å². The molecule has 0 bridgehead atoms. The first-order valence-electron chi connectivity index (χ1n) is 8.25. The van der Waals surface area contributed by atoms with Crippen molar-refractivity contribution in [1.29, 1.82) is 0 Å². The van der Waals surface area contributed by atoms with Crippen molar-refractivity contribution in [2.75, 3.05) is 45.2 Å². The van der Waals surface area contributed by atoms with Crippen molar-refractivity contribution in [3.63, 3.8) is 0 Å². The molecule has 2 fully saturated rings. The van der Waals surface area contributed by atoms with Crippen molar-refractivity contribution in [3.8, 4) is 0 Å². The fourth-order valence-electron chi connectivity index (χ4n) is 2.69. The Hall–Kier alpha value is 2.76. The summed E-state index contributed by atoms with van der Waals surface area (Å²) in [5.74, 6) is 0. The maximum atomic E-state index is 6.65. The maximum absolute atomic E-state index is 6.65. The molecule has 2 aliphatic heterocycles. The van der Waals surface area contributed by atoms with Gasteiger partial charge in [-0.2, -0.15) is 0 Å². The van der Waals surface area contributed by atoms with Gasteiger partial charge in [0.2, 0.25) is 0 Å². The maximum Gasteiger partial charge on any atom is 0.107 e. The highest BCUT2D eigenvalue weighted by Gasteiger charge is 2.46. The van der Waals surface area contributed by atoms with Crippen LogP contribution in [-0.2, 0) is 14.2 Å². The largest absolute Gasteiger partial charge is 0.370 e. The fraction of sp³-hybridized carbons (Fsp3) is 1.00. The quantitative estimate of drug-likeness (QED) is 0.170. The third kappa shape index (κ3) is 6.90. The highest BCUT2D eigenvalue weighted by molar-refractivity contribution is 9.10. The van der Waals surface area contributed by atoms with Crippen molar-refractivity contribution < 1.29 is 14.2 Å². The zero-order valence-electron chi connectivity index (χ0n) is 13.9. The average molecular weight is 744 g/mol. The van der Waals surface area contributed by atoms with Gasteiger partial charge in [-0.3, -0.25) is 0 Å². The predicted molar refractivity (Wildman–Crippen MR) is 125 cm³/mol. The summed E-state index contributed by atoms with van der Waals surface area (Å²) in [6.45, 7) is 1.60. The molecule has 0 aliphatic carbocycles. The number of hydrogen-bond acceptors (Lipinski definition) is 3. The van der Waals surface area contributed by atoms with Crippen LogP contribution in [0.4, 0.5) is 0 Å². The molecule has 9 heteroatoms. The number of rotatable bonds is 14. The van der Waals surface area contributed by atoms with Crippen LogP contribution in [0, 0.1) is 10.8 Å². The molecule has 2 saturated heterocycles. The van der Waals surface area contributed by atoms with Crippen molar-refractivity contribution >= 4 is 95.6 Å². The second-order valence-electron chi connectivity index (χ2n) is 7.17. The average Bonchev–Trinajstić information content (AvgIpc) is 3.53. The van der Waals surface area contributed by atoms with E-state index in [4.69, 9.17) is 14.2 Å². The van der Waals surface area contributed by atoms with Gasteiger partial charge in [0.15, 0.2) is 0 Å². The van der Waals surface area contributed by atoms with Crippen molar-refractivity contribution in [2.24, 2.45) is 10.8 Å². The molecule has 4 atom stereocenters. The topological polar surface area (TPSA) is 34.3 Å². The molecule has 3 nitrogen and oxygen atoms in total. The summed E-state index contributed by atoms with van der Waals surface area (Å²) in [5.41, 5.74) is 0.228. The van der Waals surface area contributed by atoms with Crippen LogP contribution in [0.1, 0.15) is 12.8 Å². The van der Waals surface area contributed by atoms with Crippen molar-refractivity contribution in [1.82, 2.24) is 0 Å². The van der Waals surface area contributed by atoms with Crippen LogP contribution in [0.3, 0.4) is 0 Å². The molecule has 0 aromatic rings. The van der Waals surface area contributed by atoms with E-state index in [0.29, 0.717) is 0 Å². The van der Waals surface area contributed by atoms with Crippen LogP contribution in [0.5, 0.6) is 0 Å². The third-order valence-electron chi connectivity index (χ3n) is 4.87. The lowest BCUT2D eigenvalue weighted by molar-refractivity contribution is -0.0655. The van der Waals surface area contributed by atoms with Gasteiger partial charge in [0.25, 0.3) is 0 Å². The Morgan fingerprint density at radius 2 is 0.960 bits per heavy atom. The number of ether oxygens (including phenoxy) is 3. The standard InChI is InChI=1S/C16H24Br6O3/c17-5-15(6-18,7-19)1-11(13-3-23-13)25-12(14-4-24-14)2-16(8-20,9-21)10-22/h11-14H,1-10H2. The van der Waals surface area contributed by atoms with E-state index in [9.17, 15) is 0 Å². The minimum Gasteiger partial charge on any atom is -0.370 e. The lowest BCUT2D eigenvalue weighted by Crippen LogP contribution is -2.41. The molecular weight excluding hydrogens is 720 g/mol. The van der Waals surface area contributed by atoms with Crippen LogP contribution >= 0.6 is 95.6 Å². The molecule has 2 aliphatic rings. The minimum atomic E-state index is 0.0977. The van der Waals surface area contributed by atoms with E-state index in [1.807, 2.05) is 0 Å². The SMILES string of the molecule is BrCC(CBr)(CBr)CC(OC(CC(CBr)(CBr)CBr)C1CO1)C1CO1. The molecule has 0 amide bonds. The van der Waals surface area contributed by atoms with E-state index in [-0.39, 0.29) is 35.2 Å². The Labute approximate surface area is 201 Å². The van der Waals surface area contributed by atoms with Gasteiger partial charge in [-0.05, 0) is 12.8 Å². The number of hydrogen-bond donors (Lipinski definition) is 0. The lowest BCUT2D eigenvalue weighted by Gasteiger charge is -2.36. The monoisotopic (exact) mass is 738 g/mol. The molecule has 4 unspecified atom stereocenters. The Kier molecular flexibility index (Phi) is 10.8. The lowest BCUT2D eigenvalue weighted by atomic mass is 9.86. The number of epoxide rings is 2. The van der Waals surface area contributed by atoms with E-state index in [2.05, 4.69) is 95.6 Å². The first-order chi connectivity index (χ1) is 12.0. The second-order valence-corrected chi connectivity index (χ2v) is 10.5. The summed E-state index contributed by atoms with van der Waals surface area (Å²) in [6.07, 6.45) is 2.52. The van der Waals surface area contributed by atoms with Gasteiger partial charge >= 0.3 is 0 Å². The van der Waals surface area contributed by atoms with Gasteiger partial charge < -0.3 is 14.2 Å². The molecule has 0 N–H and O–H groups in total. The summed E-state index contributed by atoms with van der Waals surface area (Å²) in [4.78, 5) is 0. The van der Waals surface area contributed by atoms with E-state index in [0.717, 1.165) is 58.0 Å². The first-order valence-corrected chi connectivity index (χ1v) is 15.0. The molecule has 148 valence electrons. The van der Waals surface area contributed by atoms with Crippen LogP contribution in [0.15, 0.2) is 0 Å². The molecule has 25 heavy (non-hydrogen) atoms. The Bertz CT molecular complexity index is 345. The Morgan fingerprint density at radius 1 is 0.680 bits per heavy atom. The molecular formula is C16H24Br6O3. The van der Waals surface area contributed by atoms with Gasteiger partial charge in [-0.15, -0.1) is 0 Å². The van der Waals surface area contributed by atoms with Crippen LogP contribution in [0.2, 0.25) is 0 Å². The molecule has 0 saturated carbocycles.